The van der Waals surface area contributed by atoms with Gasteiger partial charge in [-0.15, -0.1) is 0 Å². The number of nitrogens with one attached hydrogen (secondary N) is 2. The van der Waals surface area contributed by atoms with E-state index in [1.54, 1.807) is 24.8 Å². The van der Waals surface area contributed by atoms with Gasteiger partial charge in [-0.25, -0.2) is 0 Å². The van der Waals surface area contributed by atoms with E-state index in [4.69, 9.17) is 9.26 Å². The summed E-state index contributed by atoms with van der Waals surface area (Å²) >= 11 is 0. The molecule has 3 aromatic rings. The summed E-state index contributed by atoms with van der Waals surface area (Å²) in [5, 5.41) is 9.74. The molecule has 3 fully saturated rings. The number of ether oxygens (including phenoxy) is 1. The highest BCUT2D eigenvalue weighted by Crippen LogP contribution is 2.60. The molecule has 2 saturated heterocycles. The van der Waals surface area contributed by atoms with Gasteiger partial charge in [0, 0.05) is 18.3 Å². The minimum absolute atomic E-state index is 0.268. The Morgan fingerprint density at radius 2 is 1.74 bits per heavy atom. The van der Waals surface area contributed by atoms with Gasteiger partial charge in [0.25, 0.3) is 0 Å². The first-order valence-electron chi connectivity index (χ1n) is 15.2. The van der Waals surface area contributed by atoms with Crippen LogP contribution in [0.25, 0.3) is 0 Å². The van der Waals surface area contributed by atoms with Crippen LogP contribution in [0.1, 0.15) is 61.8 Å². The Hall–Kier alpha value is -4.24. The number of amides is 3. The molecular formula is C34H36N4O5. The van der Waals surface area contributed by atoms with Gasteiger partial charge in [-0.05, 0) is 55.9 Å². The van der Waals surface area contributed by atoms with Gasteiger partial charge in [0.2, 0.25) is 17.7 Å². The van der Waals surface area contributed by atoms with Crippen molar-refractivity contribution in [2.75, 3.05) is 10.2 Å². The van der Waals surface area contributed by atoms with Gasteiger partial charge in [0.05, 0.1) is 17.4 Å². The number of hydrogen-bond acceptors (Lipinski definition) is 6. The summed E-state index contributed by atoms with van der Waals surface area (Å²) in [6.07, 6.45) is 9.70. The number of carbonyl (C=O) groups is 3. The van der Waals surface area contributed by atoms with Crippen molar-refractivity contribution in [1.29, 1.82) is 0 Å². The van der Waals surface area contributed by atoms with Gasteiger partial charge in [-0.2, -0.15) is 0 Å². The third kappa shape index (κ3) is 4.57. The molecular weight excluding hydrogens is 544 g/mol. The first kappa shape index (κ1) is 27.6. The topological polar surface area (TPSA) is 114 Å². The highest BCUT2D eigenvalue weighted by Gasteiger charge is 2.76. The Bertz CT molecular complexity index is 1580. The summed E-state index contributed by atoms with van der Waals surface area (Å²) in [7, 11) is 0. The average Bonchev–Trinajstić information content (AvgIpc) is 3.73. The van der Waals surface area contributed by atoms with Crippen molar-refractivity contribution >= 4 is 29.2 Å². The zero-order valence-corrected chi connectivity index (χ0v) is 24.4. The quantitative estimate of drug-likeness (QED) is 0.379. The molecule has 1 spiro atoms. The summed E-state index contributed by atoms with van der Waals surface area (Å²) in [5.41, 5.74) is 0.430. The second-order valence-corrected chi connectivity index (χ2v) is 12.5. The monoisotopic (exact) mass is 580 g/mol. The van der Waals surface area contributed by atoms with E-state index in [0.29, 0.717) is 23.9 Å². The summed E-state index contributed by atoms with van der Waals surface area (Å²) in [4.78, 5) is 43.9. The van der Waals surface area contributed by atoms with E-state index in [1.165, 1.54) is 24.8 Å². The average molecular weight is 581 g/mol. The summed E-state index contributed by atoms with van der Waals surface area (Å²) in [6, 6.07) is 18.3. The second-order valence-electron chi connectivity index (χ2n) is 12.5. The lowest BCUT2D eigenvalue weighted by molar-refractivity contribution is -0.131. The van der Waals surface area contributed by atoms with Crippen LogP contribution < -0.4 is 15.5 Å². The Morgan fingerprint density at radius 1 is 1.00 bits per heavy atom. The normalized spacial score (nSPS) is 29.6. The molecule has 1 aliphatic carbocycles. The lowest BCUT2D eigenvalue weighted by Gasteiger charge is -2.33. The molecule has 1 saturated carbocycles. The molecule has 2 aromatic carbocycles. The number of fused-ring (bicyclic) bond motifs is 1. The predicted molar refractivity (Wildman–Crippen MR) is 160 cm³/mol. The van der Waals surface area contributed by atoms with Gasteiger partial charge in [-0.3, -0.25) is 19.3 Å². The van der Waals surface area contributed by atoms with Gasteiger partial charge < -0.3 is 19.9 Å². The van der Waals surface area contributed by atoms with Crippen LogP contribution in [-0.2, 0) is 25.7 Å². The zero-order chi connectivity index (χ0) is 29.8. The van der Waals surface area contributed by atoms with E-state index in [9.17, 15) is 14.4 Å². The van der Waals surface area contributed by atoms with Crippen LogP contribution in [0.2, 0.25) is 0 Å². The first-order valence-corrected chi connectivity index (χ1v) is 15.2. The maximum absolute atomic E-state index is 14.5. The minimum atomic E-state index is -1.31. The van der Waals surface area contributed by atoms with Crippen molar-refractivity contribution in [3.63, 3.8) is 0 Å². The fourth-order valence-electron chi connectivity index (χ4n) is 7.67. The number of aromatic nitrogens is 1. The first-order chi connectivity index (χ1) is 20.8. The number of anilines is 2. The van der Waals surface area contributed by atoms with Crippen molar-refractivity contribution in [2.24, 2.45) is 11.8 Å². The SMILES string of the molecule is Cc1cc(NC(=O)C2C3C(=O)N(c4ccc(C5CCCCC5)cc4)C(C(=O)NCc4ccccc4)C34C=CC2(C)O4)no1. The number of carbonyl (C=O) groups excluding carboxylic acids is 3. The van der Waals surface area contributed by atoms with Crippen molar-refractivity contribution in [3.05, 3.63) is 89.7 Å². The molecule has 4 aliphatic rings. The van der Waals surface area contributed by atoms with E-state index in [1.807, 2.05) is 54.6 Å². The third-order valence-corrected chi connectivity index (χ3v) is 9.66. The van der Waals surface area contributed by atoms with Crippen LogP contribution in [0.3, 0.4) is 0 Å². The molecule has 3 aliphatic heterocycles. The van der Waals surface area contributed by atoms with Crippen LogP contribution in [-0.4, -0.2) is 40.1 Å². The molecule has 7 rings (SSSR count). The Kier molecular flexibility index (Phi) is 6.73. The van der Waals surface area contributed by atoms with E-state index in [-0.39, 0.29) is 17.6 Å². The molecule has 4 heterocycles. The maximum Gasteiger partial charge on any atom is 0.246 e. The Balaban J connectivity index is 1.24. The van der Waals surface area contributed by atoms with Crippen molar-refractivity contribution < 1.29 is 23.6 Å². The number of benzene rings is 2. The molecule has 2 bridgehead atoms. The lowest BCUT2D eigenvalue weighted by atomic mass is 9.70. The van der Waals surface area contributed by atoms with Crippen molar-refractivity contribution in [1.82, 2.24) is 10.5 Å². The largest absolute Gasteiger partial charge is 0.360 e. The molecule has 5 unspecified atom stereocenters. The molecule has 9 heteroatoms. The van der Waals surface area contributed by atoms with Crippen LogP contribution in [0.15, 0.2) is 77.3 Å². The van der Waals surface area contributed by atoms with Gasteiger partial charge in [0.1, 0.15) is 17.4 Å². The van der Waals surface area contributed by atoms with E-state index in [0.717, 1.165) is 18.4 Å². The molecule has 222 valence electrons. The highest BCUT2D eigenvalue weighted by atomic mass is 16.5. The van der Waals surface area contributed by atoms with Crippen molar-refractivity contribution in [3.8, 4) is 0 Å². The summed E-state index contributed by atoms with van der Waals surface area (Å²) in [5.74, 6) is -1.50. The number of rotatable bonds is 7. The fourth-order valence-corrected chi connectivity index (χ4v) is 7.67. The Labute approximate surface area is 250 Å². The zero-order valence-electron chi connectivity index (χ0n) is 24.4. The number of nitrogens with zero attached hydrogens (tertiary/aromatic N) is 2. The van der Waals surface area contributed by atoms with Crippen LogP contribution in [0.4, 0.5) is 11.5 Å². The molecule has 2 N–H and O–H groups in total. The Morgan fingerprint density at radius 3 is 2.44 bits per heavy atom. The van der Waals surface area contributed by atoms with Crippen LogP contribution in [0.5, 0.6) is 0 Å². The second kappa shape index (κ2) is 10.5. The molecule has 9 nitrogen and oxygen atoms in total. The molecule has 3 amide bonds. The van der Waals surface area contributed by atoms with Crippen molar-refractivity contribution in [2.45, 2.75) is 75.7 Å². The van der Waals surface area contributed by atoms with E-state index < -0.39 is 35.0 Å². The van der Waals surface area contributed by atoms with Gasteiger partial charge >= 0.3 is 0 Å². The number of aryl methyl sites for hydroxylation is 1. The molecule has 43 heavy (non-hydrogen) atoms. The van der Waals surface area contributed by atoms with Gasteiger partial charge in [0.15, 0.2) is 5.82 Å². The highest BCUT2D eigenvalue weighted by molar-refractivity contribution is 6.11. The predicted octanol–water partition coefficient (Wildman–Crippen LogP) is 5.03. The van der Waals surface area contributed by atoms with E-state index >= 15 is 0 Å². The standard InChI is InChI=1S/C34H36N4O5/c1-21-19-26(37-42-21)36-30(39)27-28-32(41)38(25-15-13-24(14-16-25)23-11-7-4-8-12-23)29(34(28)18-17-33(27,2)43-34)31(40)35-20-22-9-5-3-6-10-22/h3,5-6,9-10,13-19,23,27-29H,4,7-8,11-12,20H2,1-2H3,(H,35,40)(H,36,37,39). The summed E-state index contributed by atoms with van der Waals surface area (Å²) < 4.78 is 11.8. The third-order valence-electron chi connectivity index (χ3n) is 9.66. The van der Waals surface area contributed by atoms with E-state index in [2.05, 4.69) is 27.9 Å². The number of hydrogen-bond donors (Lipinski definition) is 2. The van der Waals surface area contributed by atoms with Crippen LogP contribution in [0, 0.1) is 18.8 Å². The lowest BCUT2D eigenvalue weighted by Crippen LogP contribution is -2.54. The van der Waals surface area contributed by atoms with Gasteiger partial charge in [-0.1, -0.05) is 79.0 Å². The maximum atomic E-state index is 14.5. The summed E-state index contributed by atoms with van der Waals surface area (Å²) in [6.45, 7) is 3.83. The minimum Gasteiger partial charge on any atom is -0.360 e. The fraction of sp³-hybridized carbons (Fsp3) is 0.412. The smallest absolute Gasteiger partial charge is 0.246 e. The molecule has 1 aromatic heterocycles. The molecule has 0 radical (unpaired) electrons. The molecule has 5 atom stereocenters. The van der Waals surface area contributed by atoms with Crippen LogP contribution >= 0.6 is 0 Å².